The van der Waals surface area contributed by atoms with Gasteiger partial charge in [-0.25, -0.2) is 0 Å². The third kappa shape index (κ3) is 3.56. The van der Waals surface area contributed by atoms with Crippen molar-refractivity contribution in [1.29, 1.82) is 0 Å². The van der Waals surface area contributed by atoms with E-state index in [2.05, 4.69) is 10.6 Å². The number of ether oxygens (including phenoxy) is 1. The second kappa shape index (κ2) is 7.03. The van der Waals surface area contributed by atoms with Crippen LogP contribution >= 0.6 is 23.5 Å². The number of hydrogen-bond donors (Lipinski definition) is 2. The van der Waals surface area contributed by atoms with Crippen LogP contribution in [0.25, 0.3) is 0 Å². The summed E-state index contributed by atoms with van der Waals surface area (Å²) in [6, 6.07) is 0. The molecule has 1 amide bonds. The first-order valence-electron chi connectivity index (χ1n) is 6.50. The Bertz CT molecular complexity index is 277. The summed E-state index contributed by atoms with van der Waals surface area (Å²) >= 11 is 3.95. The molecule has 0 aromatic rings. The van der Waals surface area contributed by atoms with E-state index in [1.54, 1.807) is 7.11 Å². The minimum Gasteiger partial charge on any atom is -0.368 e. The van der Waals surface area contributed by atoms with Gasteiger partial charge in [0.25, 0.3) is 5.91 Å². The number of nitrogens with one attached hydrogen (secondary N) is 2. The topological polar surface area (TPSA) is 50.4 Å². The molecule has 0 radical (unpaired) electrons. The van der Waals surface area contributed by atoms with Crippen molar-refractivity contribution in [2.24, 2.45) is 0 Å². The number of methoxy groups -OCH3 is 1. The van der Waals surface area contributed by atoms with E-state index in [1.165, 1.54) is 11.5 Å². The van der Waals surface area contributed by atoms with Gasteiger partial charge in [-0.2, -0.15) is 23.5 Å². The number of carbonyl (C=O) groups excluding carboxylic acids is 1. The van der Waals surface area contributed by atoms with Gasteiger partial charge in [0, 0.05) is 36.2 Å². The zero-order valence-corrected chi connectivity index (χ0v) is 12.5. The number of carbonyl (C=O) groups is 1. The van der Waals surface area contributed by atoms with E-state index in [-0.39, 0.29) is 5.91 Å². The van der Waals surface area contributed by atoms with Crippen molar-refractivity contribution < 1.29 is 9.53 Å². The quantitative estimate of drug-likeness (QED) is 0.799. The van der Waals surface area contributed by atoms with Crippen LogP contribution in [0.3, 0.4) is 0 Å². The highest BCUT2D eigenvalue weighted by Crippen LogP contribution is 2.25. The molecule has 0 aromatic carbocycles. The maximum absolute atomic E-state index is 12.3. The van der Waals surface area contributed by atoms with E-state index in [0.29, 0.717) is 5.25 Å². The molecule has 104 valence electrons. The van der Waals surface area contributed by atoms with Crippen molar-refractivity contribution in [3.63, 3.8) is 0 Å². The SMILES string of the molecule is COC1(C(=O)NCC2CSCCS2)CCNCC1. The molecule has 6 heteroatoms. The van der Waals surface area contributed by atoms with Crippen LogP contribution in [0.1, 0.15) is 12.8 Å². The Morgan fingerprint density at radius 1 is 1.44 bits per heavy atom. The van der Waals surface area contributed by atoms with E-state index >= 15 is 0 Å². The second-order valence-corrected chi connectivity index (χ2v) is 7.28. The zero-order valence-electron chi connectivity index (χ0n) is 10.9. The van der Waals surface area contributed by atoms with Gasteiger partial charge in [0.2, 0.25) is 0 Å². The Labute approximate surface area is 117 Å². The average Bonchev–Trinajstić information content (AvgIpc) is 2.46. The average molecular weight is 290 g/mol. The number of rotatable bonds is 4. The molecule has 2 aliphatic rings. The van der Waals surface area contributed by atoms with Crippen molar-refractivity contribution in [1.82, 2.24) is 10.6 Å². The maximum atomic E-state index is 12.3. The Balaban J connectivity index is 1.81. The highest BCUT2D eigenvalue weighted by atomic mass is 32.2. The van der Waals surface area contributed by atoms with Gasteiger partial charge in [0.1, 0.15) is 5.60 Å². The summed E-state index contributed by atoms with van der Waals surface area (Å²) in [5.41, 5.74) is -0.599. The Kier molecular flexibility index (Phi) is 5.66. The van der Waals surface area contributed by atoms with Gasteiger partial charge in [-0.05, 0) is 25.9 Å². The molecule has 18 heavy (non-hydrogen) atoms. The van der Waals surface area contributed by atoms with Gasteiger partial charge >= 0.3 is 0 Å². The van der Waals surface area contributed by atoms with Gasteiger partial charge in [-0.3, -0.25) is 4.79 Å². The lowest BCUT2D eigenvalue weighted by Crippen LogP contribution is -2.55. The molecule has 2 heterocycles. The largest absolute Gasteiger partial charge is 0.368 e. The highest BCUT2D eigenvalue weighted by Gasteiger charge is 2.39. The van der Waals surface area contributed by atoms with Crippen LogP contribution in [-0.2, 0) is 9.53 Å². The minimum absolute atomic E-state index is 0.0719. The molecule has 0 aromatic heterocycles. The monoisotopic (exact) mass is 290 g/mol. The fourth-order valence-electron chi connectivity index (χ4n) is 2.38. The van der Waals surface area contributed by atoms with E-state index in [4.69, 9.17) is 4.74 Å². The van der Waals surface area contributed by atoms with Crippen LogP contribution in [0.4, 0.5) is 0 Å². The summed E-state index contributed by atoms with van der Waals surface area (Å²) in [6.07, 6.45) is 1.53. The lowest BCUT2D eigenvalue weighted by Gasteiger charge is -2.35. The van der Waals surface area contributed by atoms with Crippen LogP contribution in [0.15, 0.2) is 0 Å². The van der Waals surface area contributed by atoms with E-state index in [1.807, 2.05) is 23.5 Å². The molecule has 4 nitrogen and oxygen atoms in total. The van der Waals surface area contributed by atoms with Crippen LogP contribution < -0.4 is 10.6 Å². The molecule has 2 fully saturated rings. The van der Waals surface area contributed by atoms with E-state index in [9.17, 15) is 4.79 Å². The molecule has 1 unspecified atom stereocenters. The van der Waals surface area contributed by atoms with Gasteiger partial charge in [0.15, 0.2) is 0 Å². The second-order valence-electron chi connectivity index (χ2n) is 4.73. The predicted molar refractivity (Wildman–Crippen MR) is 78.4 cm³/mol. The number of amides is 1. The molecule has 2 saturated heterocycles. The van der Waals surface area contributed by atoms with Crippen LogP contribution in [0.5, 0.6) is 0 Å². The normalized spacial score (nSPS) is 27.7. The van der Waals surface area contributed by atoms with Gasteiger partial charge in [0.05, 0.1) is 0 Å². The number of hydrogen-bond acceptors (Lipinski definition) is 5. The smallest absolute Gasteiger partial charge is 0.252 e. The van der Waals surface area contributed by atoms with Gasteiger partial charge in [-0.15, -0.1) is 0 Å². The molecule has 1 atom stereocenters. The summed E-state index contributed by atoms with van der Waals surface area (Å²) in [6.45, 7) is 2.49. The molecular formula is C12H22N2O2S2. The lowest BCUT2D eigenvalue weighted by atomic mass is 9.91. The van der Waals surface area contributed by atoms with Crippen LogP contribution in [-0.4, -0.2) is 60.8 Å². The van der Waals surface area contributed by atoms with Crippen molar-refractivity contribution in [2.45, 2.75) is 23.7 Å². The third-order valence-corrected chi connectivity index (χ3v) is 6.44. The zero-order chi connectivity index (χ0) is 12.8. The van der Waals surface area contributed by atoms with Crippen molar-refractivity contribution >= 4 is 29.4 Å². The maximum Gasteiger partial charge on any atom is 0.252 e. The molecule has 0 spiro atoms. The van der Waals surface area contributed by atoms with Crippen molar-refractivity contribution in [3.8, 4) is 0 Å². The fraction of sp³-hybridized carbons (Fsp3) is 0.917. The Hall–Kier alpha value is 0.0900. The van der Waals surface area contributed by atoms with Gasteiger partial charge < -0.3 is 15.4 Å². The summed E-state index contributed by atoms with van der Waals surface area (Å²) in [5, 5.41) is 6.91. The number of piperidine rings is 1. The van der Waals surface area contributed by atoms with Crippen molar-refractivity contribution in [3.05, 3.63) is 0 Å². The lowest BCUT2D eigenvalue weighted by molar-refractivity contribution is -0.146. The standard InChI is InChI=1S/C12H22N2O2S2/c1-16-12(2-4-13-5-3-12)11(15)14-8-10-9-17-6-7-18-10/h10,13H,2-9H2,1H3,(H,14,15). The third-order valence-electron chi connectivity index (χ3n) is 3.59. The molecule has 2 aliphatic heterocycles. The summed E-state index contributed by atoms with van der Waals surface area (Å²) < 4.78 is 5.52. The Morgan fingerprint density at radius 2 is 2.22 bits per heavy atom. The highest BCUT2D eigenvalue weighted by molar-refractivity contribution is 8.06. The molecule has 0 bridgehead atoms. The van der Waals surface area contributed by atoms with E-state index < -0.39 is 5.60 Å². The Morgan fingerprint density at radius 3 is 2.83 bits per heavy atom. The molecular weight excluding hydrogens is 268 g/mol. The van der Waals surface area contributed by atoms with Crippen LogP contribution in [0.2, 0.25) is 0 Å². The summed E-state index contributed by atoms with van der Waals surface area (Å²) in [4.78, 5) is 12.3. The molecule has 2 rings (SSSR count). The van der Waals surface area contributed by atoms with Gasteiger partial charge in [-0.1, -0.05) is 0 Å². The molecule has 0 saturated carbocycles. The molecule has 2 N–H and O–H groups in total. The summed E-state index contributed by atoms with van der Waals surface area (Å²) in [7, 11) is 1.65. The fourth-order valence-corrected chi connectivity index (χ4v) is 4.99. The van der Waals surface area contributed by atoms with E-state index in [0.717, 1.165) is 38.2 Å². The molecule has 0 aliphatic carbocycles. The van der Waals surface area contributed by atoms with Crippen molar-refractivity contribution in [2.75, 3.05) is 44.0 Å². The van der Waals surface area contributed by atoms with Crippen LogP contribution in [0, 0.1) is 0 Å². The minimum atomic E-state index is -0.599. The summed E-state index contributed by atoms with van der Waals surface area (Å²) in [5.74, 6) is 3.66. The first kappa shape index (κ1) is 14.5. The first-order chi connectivity index (χ1) is 8.77. The first-order valence-corrected chi connectivity index (χ1v) is 8.71. The predicted octanol–water partition coefficient (Wildman–Crippen LogP) is 0.720. The number of thioether (sulfide) groups is 2.